The number of anilines is 1. The van der Waals surface area contributed by atoms with Gasteiger partial charge in [0.1, 0.15) is 16.5 Å². The van der Waals surface area contributed by atoms with Crippen LogP contribution in [0.4, 0.5) is 5.82 Å². The topological polar surface area (TPSA) is 79.5 Å². The molecule has 1 aromatic carbocycles. The molecule has 146 valence electrons. The molecule has 1 aliphatic heterocycles. The lowest BCUT2D eigenvalue weighted by Gasteiger charge is -2.44. The summed E-state index contributed by atoms with van der Waals surface area (Å²) in [5.74, 6) is 1.56. The molecule has 3 aromatic heterocycles. The van der Waals surface area contributed by atoms with Gasteiger partial charge in [-0.1, -0.05) is 30.3 Å². The van der Waals surface area contributed by atoms with E-state index in [0.717, 1.165) is 41.0 Å². The van der Waals surface area contributed by atoms with E-state index >= 15 is 0 Å². The summed E-state index contributed by atoms with van der Waals surface area (Å²) in [5.41, 5.74) is 2.25. The van der Waals surface area contributed by atoms with Crippen molar-refractivity contribution in [2.45, 2.75) is 13.0 Å². The minimum atomic E-state index is -0.0499. The second kappa shape index (κ2) is 6.93. The molecular weight excluding hydrogens is 386 g/mol. The summed E-state index contributed by atoms with van der Waals surface area (Å²) in [6, 6.07) is 13.9. The second-order valence-electron chi connectivity index (χ2n) is 7.09. The average Bonchev–Trinajstić information content (AvgIpc) is 3.34. The number of hydrogen-bond donors (Lipinski definition) is 0. The molecular formula is C20H19N7OS. The standard InChI is InChI=1S/C20H19N7OS/c1-13-22-23-17-8-9-18(24-27(13)17)26-10-15(11-26)25(2)20(28)16-12-29-19(21-16)14-6-4-3-5-7-14/h3-9,12,15H,10-11H2,1-2H3. The maximum atomic E-state index is 12.9. The first kappa shape index (κ1) is 17.7. The number of amides is 1. The molecule has 0 N–H and O–H groups in total. The summed E-state index contributed by atoms with van der Waals surface area (Å²) in [4.78, 5) is 21.3. The van der Waals surface area contributed by atoms with Crippen LogP contribution < -0.4 is 4.90 Å². The van der Waals surface area contributed by atoms with Gasteiger partial charge in [-0.05, 0) is 19.1 Å². The van der Waals surface area contributed by atoms with E-state index in [-0.39, 0.29) is 11.9 Å². The number of carbonyl (C=O) groups is 1. The molecule has 1 aliphatic rings. The third-order valence-electron chi connectivity index (χ3n) is 5.20. The molecule has 1 fully saturated rings. The monoisotopic (exact) mass is 405 g/mol. The summed E-state index contributed by atoms with van der Waals surface area (Å²) < 4.78 is 1.73. The van der Waals surface area contributed by atoms with Crippen molar-refractivity contribution in [3.8, 4) is 10.6 Å². The highest BCUT2D eigenvalue weighted by atomic mass is 32.1. The molecule has 0 radical (unpaired) electrons. The summed E-state index contributed by atoms with van der Waals surface area (Å²) in [6.45, 7) is 3.34. The second-order valence-corrected chi connectivity index (χ2v) is 7.95. The van der Waals surface area contributed by atoms with Crippen LogP contribution in [0.5, 0.6) is 0 Å². The summed E-state index contributed by atoms with van der Waals surface area (Å²) in [7, 11) is 1.84. The van der Waals surface area contributed by atoms with Gasteiger partial charge in [-0.15, -0.1) is 26.6 Å². The van der Waals surface area contributed by atoms with Gasteiger partial charge in [0.15, 0.2) is 11.5 Å². The molecule has 4 heterocycles. The van der Waals surface area contributed by atoms with Crippen molar-refractivity contribution in [3.63, 3.8) is 0 Å². The van der Waals surface area contributed by atoms with Crippen LogP contribution in [0.3, 0.4) is 0 Å². The van der Waals surface area contributed by atoms with Crippen molar-refractivity contribution in [1.82, 2.24) is 29.7 Å². The Labute approximate surface area is 171 Å². The normalized spacial score (nSPS) is 14.2. The van der Waals surface area contributed by atoms with Gasteiger partial charge in [0.05, 0.1) is 6.04 Å². The Morgan fingerprint density at radius 3 is 2.72 bits per heavy atom. The molecule has 0 atom stereocenters. The molecule has 1 amide bonds. The number of benzene rings is 1. The third kappa shape index (κ3) is 3.13. The van der Waals surface area contributed by atoms with Gasteiger partial charge < -0.3 is 9.80 Å². The fraction of sp³-hybridized carbons (Fsp3) is 0.250. The Hall–Kier alpha value is -3.33. The van der Waals surface area contributed by atoms with Crippen molar-refractivity contribution in [3.05, 3.63) is 59.4 Å². The highest BCUT2D eigenvalue weighted by Crippen LogP contribution is 2.26. The van der Waals surface area contributed by atoms with Crippen LogP contribution in [-0.4, -0.2) is 61.8 Å². The molecule has 0 aliphatic carbocycles. The lowest BCUT2D eigenvalue weighted by Crippen LogP contribution is -2.60. The van der Waals surface area contributed by atoms with Gasteiger partial charge in [0, 0.05) is 31.1 Å². The maximum absolute atomic E-state index is 12.9. The van der Waals surface area contributed by atoms with Crippen molar-refractivity contribution in [2.24, 2.45) is 0 Å². The third-order valence-corrected chi connectivity index (χ3v) is 6.09. The Kier molecular flexibility index (Phi) is 4.24. The van der Waals surface area contributed by atoms with Crippen LogP contribution in [0, 0.1) is 6.92 Å². The number of aryl methyl sites for hydroxylation is 1. The largest absolute Gasteiger partial charge is 0.351 e. The number of carbonyl (C=O) groups excluding carboxylic acids is 1. The number of likely N-dealkylation sites (N-methyl/N-ethyl adjacent to an activating group) is 1. The minimum absolute atomic E-state index is 0.0499. The van der Waals surface area contributed by atoms with E-state index in [4.69, 9.17) is 0 Å². The molecule has 4 aromatic rings. The Balaban J connectivity index is 1.26. The van der Waals surface area contributed by atoms with Gasteiger partial charge >= 0.3 is 0 Å². The molecule has 1 saturated heterocycles. The molecule has 0 saturated carbocycles. The number of rotatable bonds is 4. The molecule has 0 unspecified atom stereocenters. The van der Waals surface area contributed by atoms with Gasteiger partial charge in [0.2, 0.25) is 0 Å². The zero-order chi connectivity index (χ0) is 20.0. The SMILES string of the molecule is Cc1nnc2ccc(N3CC(N(C)C(=O)c4csc(-c5ccccc5)n4)C3)nn12. The maximum Gasteiger partial charge on any atom is 0.273 e. The van der Waals surface area contributed by atoms with E-state index in [1.54, 1.807) is 9.42 Å². The number of nitrogens with zero attached hydrogens (tertiary/aromatic N) is 7. The number of hydrogen-bond acceptors (Lipinski definition) is 7. The molecule has 0 bridgehead atoms. The van der Waals surface area contributed by atoms with Gasteiger partial charge in [-0.2, -0.15) is 4.52 Å². The highest BCUT2D eigenvalue weighted by molar-refractivity contribution is 7.13. The fourth-order valence-corrected chi connectivity index (χ4v) is 4.17. The molecule has 8 nitrogen and oxygen atoms in total. The van der Waals surface area contributed by atoms with Crippen molar-refractivity contribution < 1.29 is 4.79 Å². The van der Waals surface area contributed by atoms with Crippen molar-refractivity contribution in [1.29, 1.82) is 0 Å². The fourth-order valence-electron chi connectivity index (χ4n) is 3.37. The van der Waals surface area contributed by atoms with Crippen molar-refractivity contribution >= 4 is 28.7 Å². The summed E-state index contributed by atoms with van der Waals surface area (Å²) >= 11 is 1.49. The van der Waals surface area contributed by atoms with Crippen molar-refractivity contribution in [2.75, 3.05) is 25.0 Å². The van der Waals surface area contributed by atoms with Gasteiger partial charge in [-0.25, -0.2) is 4.98 Å². The molecule has 5 rings (SSSR count). The highest BCUT2D eigenvalue weighted by Gasteiger charge is 2.34. The molecule has 0 spiro atoms. The van der Waals surface area contributed by atoms with Gasteiger partial charge in [-0.3, -0.25) is 4.79 Å². The average molecular weight is 405 g/mol. The first-order valence-corrected chi connectivity index (χ1v) is 10.2. The van der Waals surface area contributed by atoms with Crippen LogP contribution in [0.2, 0.25) is 0 Å². The first-order chi connectivity index (χ1) is 14.1. The first-order valence-electron chi connectivity index (χ1n) is 9.32. The van der Waals surface area contributed by atoms with Gasteiger partial charge in [0.25, 0.3) is 5.91 Å². The van der Waals surface area contributed by atoms with E-state index in [9.17, 15) is 4.79 Å². The number of aromatic nitrogens is 5. The Bertz CT molecular complexity index is 1180. The predicted molar refractivity (Wildman–Crippen MR) is 111 cm³/mol. The zero-order valence-corrected chi connectivity index (χ0v) is 16.9. The lowest BCUT2D eigenvalue weighted by molar-refractivity contribution is 0.0700. The predicted octanol–water partition coefficient (Wildman–Crippen LogP) is 2.52. The molecule has 29 heavy (non-hydrogen) atoms. The van der Waals surface area contributed by atoms with Crippen LogP contribution in [0.1, 0.15) is 16.3 Å². The van der Waals surface area contributed by atoms with E-state index in [0.29, 0.717) is 5.69 Å². The van der Waals surface area contributed by atoms with Crippen LogP contribution in [-0.2, 0) is 0 Å². The van der Waals surface area contributed by atoms with Crippen LogP contribution in [0.25, 0.3) is 16.2 Å². The molecule has 9 heteroatoms. The summed E-state index contributed by atoms with van der Waals surface area (Å²) in [5, 5.41) is 15.4. The van der Waals surface area contributed by atoms with Crippen LogP contribution in [0.15, 0.2) is 47.8 Å². The number of thiazole rings is 1. The van der Waals surface area contributed by atoms with E-state index < -0.39 is 0 Å². The van der Waals surface area contributed by atoms with Crippen LogP contribution >= 0.6 is 11.3 Å². The number of fused-ring (bicyclic) bond motifs is 1. The smallest absolute Gasteiger partial charge is 0.273 e. The van der Waals surface area contributed by atoms with E-state index in [1.165, 1.54) is 11.3 Å². The Morgan fingerprint density at radius 1 is 1.14 bits per heavy atom. The van der Waals surface area contributed by atoms with E-state index in [2.05, 4.69) is 25.2 Å². The quantitative estimate of drug-likeness (QED) is 0.519. The zero-order valence-electron chi connectivity index (χ0n) is 16.1. The minimum Gasteiger partial charge on any atom is -0.351 e. The summed E-state index contributed by atoms with van der Waals surface area (Å²) in [6.07, 6.45) is 0. The Morgan fingerprint density at radius 2 is 1.93 bits per heavy atom. The van der Waals surface area contributed by atoms with E-state index in [1.807, 2.05) is 61.8 Å². The lowest BCUT2D eigenvalue weighted by atomic mass is 10.1.